The Morgan fingerprint density at radius 2 is 1.94 bits per heavy atom. The molecular formula is C14H29NO2S. The number of hydrogen-bond donors (Lipinski definition) is 1. The van der Waals surface area contributed by atoms with E-state index in [1.54, 1.807) is 0 Å². The third kappa shape index (κ3) is 5.70. The van der Waals surface area contributed by atoms with Gasteiger partial charge in [0.2, 0.25) is 0 Å². The molecule has 1 aliphatic carbocycles. The minimum Gasteiger partial charge on any atom is -0.319 e. The Kier molecular flexibility index (Phi) is 5.66. The minimum absolute atomic E-state index is 0.343. The van der Waals surface area contributed by atoms with E-state index < -0.39 is 9.84 Å². The molecule has 0 aromatic carbocycles. The molecule has 18 heavy (non-hydrogen) atoms. The molecule has 0 heterocycles. The normalized spacial score (nSPS) is 28.2. The van der Waals surface area contributed by atoms with Crippen LogP contribution in [-0.2, 0) is 9.84 Å². The van der Waals surface area contributed by atoms with E-state index >= 15 is 0 Å². The fourth-order valence-corrected chi connectivity index (χ4v) is 3.96. The minimum atomic E-state index is -2.80. The largest absolute Gasteiger partial charge is 0.319 e. The van der Waals surface area contributed by atoms with E-state index in [2.05, 4.69) is 19.2 Å². The summed E-state index contributed by atoms with van der Waals surface area (Å²) < 4.78 is 22.4. The van der Waals surface area contributed by atoms with Gasteiger partial charge in [-0.2, -0.15) is 0 Å². The Bertz CT molecular complexity index is 349. The van der Waals surface area contributed by atoms with E-state index in [-0.39, 0.29) is 0 Å². The van der Waals surface area contributed by atoms with Crippen LogP contribution in [0.4, 0.5) is 0 Å². The average molecular weight is 275 g/mol. The van der Waals surface area contributed by atoms with E-state index in [0.717, 1.165) is 25.3 Å². The fourth-order valence-electron chi connectivity index (χ4n) is 3.27. The zero-order chi connectivity index (χ0) is 13.8. The summed E-state index contributed by atoms with van der Waals surface area (Å²) in [7, 11) is -0.792. The van der Waals surface area contributed by atoms with Crippen LogP contribution < -0.4 is 5.32 Å². The summed E-state index contributed by atoms with van der Waals surface area (Å²) in [5.74, 6) is 1.75. The summed E-state index contributed by atoms with van der Waals surface area (Å²) in [4.78, 5) is 0. The molecule has 1 saturated carbocycles. The second kappa shape index (κ2) is 6.38. The highest BCUT2D eigenvalue weighted by molar-refractivity contribution is 7.90. The Balaban J connectivity index is 2.51. The molecule has 0 amide bonds. The van der Waals surface area contributed by atoms with Gasteiger partial charge in [-0.05, 0) is 62.9 Å². The molecule has 1 fully saturated rings. The standard InChI is InChI=1S/C14H29NO2S/c1-14(2)8-7-13(11-15-3)12(10-14)6-5-9-18(4,16)17/h12-13,15H,5-11H2,1-4H3. The maximum Gasteiger partial charge on any atom is 0.147 e. The molecule has 1 rings (SSSR count). The van der Waals surface area contributed by atoms with Crippen LogP contribution in [0.1, 0.15) is 46.0 Å². The van der Waals surface area contributed by atoms with E-state index in [1.165, 1.54) is 25.5 Å². The highest BCUT2D eigenvalue weighted by Crippen LogP contribution is 2.43. The zero-order valence-electron chi connectivity index (χ0n) is 12.3. The van der Waals surface area contributed by atoms with Gasteiger partial charge in [0, 0.05) is 12.0 Å². The first-order chi connectivity index (χ1) is 8.23. The van der Waals surface area contributed by atoms with Crippen molar-refractivity contribution in [1.29, 1.82) is 0 Å². The molecule has 0 aromatic heterocycles. The van der Waals surface area contributed by atoms with Gasteiger partial charge in [0.1, 0.15) is 9.84 Å². The third-order valence-electron chi connectivity index (χ3n) is 4.23. The van der Waals surface area contributed by atoms with Gasteiger partial charge in [-0.3, -0.25) is 0 Å². The van der Waals surface area contributed by atoms with Gasteiger partial charge in [-0.15, -0.1) is 0 Å². The molecule has 3 nitrogen and oxygen atoms in total. The van der Waals surface area contributed by atoms with Gasteiger partial charge in [0.05, 0.1) is 0 Å². The first-order valence-corrected chi connectivity index (χ1v) is 9.12. The molecule has 0 spiro atoms. The average Bonchev–Trinajstić information content (AvgIpc) is 2.20. The quantitative estimate of drug-likeness (QED) is 0.810. The van der Waals surface area contributed by atoms with Crippen LogP contribution in [-0.4, -0.2) is 34.0 Å². The molecule has 1 N–H and O–H groups in total. The lowest BCUT2D eigenvalue weighted by molar-refractivity contribution is 0.110. The maximum absolute atomic E-state index is 11.2. The van der Waals surface area contributed by atoms with Gasteiger partial charge in [0.25, 0.3) is 0 Å². The van der Waals surface area contributed by atoms with Gasteiger partial charge in [-0.25, -0.2) is 8.42 Å². The summed E-state index contributed by atoms with van der Waals surface area (Å²) in [6, 6.07) is 0. The van der Waals surface area contributed by atoms with Gasteiger partial charge in [-0.1, -0.05) is 13.8 Å². The van der Waals surface area contributed by atoms with Gasteiger partial charge < -0.3 is 5.32 Å². The molecule has 0 aromatic rings. The number of sulfone groups is 1. The summed E-state index contributed by atoms with van der Waals surface area (Å²) in [5.41, 5.74) is 0.431. The molecule has 0 aliphatic heterocycles. The van der Waals surface area contributed by atoms with Crippen LogP contribution in [0.2, 0.25) is 0 Å². The lowest BCUT2D eigenvalue weighted by Crippen LogP contribution is -2.35. The lowest BCUT2D eigenvalue weighted by Gasteiger charge is -2.41. The van der Waals surface area contributed by atoms with Gasteiger partial charge in [0.15, 0.2) is 0 Å². The number of nitrogens with one attached hydrogen (secondary N) is 1. The molecule has 0 saturated heterocycles. The first kappa shape index (κ1) is 16.0. The predicted molar refractivity (Wildman–Crippen MR) is 77.5 cm³/mol. The highest BCUT2D eigenvalue weighted by atomic mass is 32.2. The predicted octanol–water partition coefficient (Wildman–Crippen LogP) is 2.47. The van der Waals surface area contributed by atoms with E-state index in [0.29, 0.717) is 17.1 Å². The Morgan fingerprint density at radius 3 is 2.50 bits per heavy atom. The molecule has 0 bridgehead atoms. The van der Waals surface area contributed by atoms with Crippen molar-refractivity contribution in [3.05, 3.63) is 0 Å². The van der Waals surface area contributed by atoms with E-state index in [1.807, 2.05) is 7.05 Å². The first-order valence-electron chi connectivity index (χ1n) is 7.06. The molecule has 4 heteroatoms. The van der Waals surface area contributed by atoms with Crippen LogP contribution in [0.15, 0.2) is 0 Å². The second-order valence-corrected chi connectivity index (χ2v) is 9.02. The molecule has 1 aliphatic rings. The smallest absolute Gasteiger partial charge is 0.147 e. The van der Waals surface area contributed by atoms with Crippen molar-refractivity contribution < 1.29 is 8.42 Å². The Labute approximate surface area is 113 Å². The Hall–Kier alpha value is -0.0900. The zero-order valence-corrected chi connectivity index (χ0v) is 13.1. The van der Waals surface area contributed by atoms with Crippen LogP contribution >= 0.6 is 0 Å². The molecular weight excluding hydrogens is 246 g/mol. The van der Waals surface area contributed by atoms with E-state index in [4.69, 9.17) is 0 Å². The second-order valence-electron chi connectivity index (χ2n) is 6.76. The van der Waals surface area contributed by atoms with Crippen molar-refractivity contribution in [2.45, 2.75) is 46.0 Å². The molecule has 0 radical (unpaired) electrons. The molecule has 2 unspecified atom stereocenters. The topological polar surface area (TPSA) is 46.2 Å². The molecule has 2 atom stereocenters. The maximum atomic E-state index is 11.2. The summed E-state index contributed by atoms with van der Waals surface area (Å²) in [6.07, 6.45) is 7.02. The molecule has 108 valence electrons. The third-order valence-corrected chi connectivity index (χ3v) is 5.26. The summed E-state index contributed by atoms with van der Waals surface area (Å²) in [5, 5.41) is 3.28. The lowest BCUT2D eigenvalue weighted by atomic mass is 9.66. The SMILES string of the molecule is CNCC1CCC(C)(C)CC1CCCS(C)(=O)=O. The van der Waals surface area contributed by atoms with Crippen molar-refractivity contribution in [2.24, 2.45) is 17.3 Å². The van der Waals surface area contributed by atoms with Crippen molar-refractivity contribution in [3.63, 3.8) is 0 Å². The van der Waals surface area contributed by atoms with Gasteiger partial charge >= 0.3 is 0 Å². The van der Waals surface area contributed by atoms with Crippen molar-refractivity contribution in [3.8, 4) is 0 Å². The summed E-state index contributed by atoms with van der Waals surface area (Å²) >= 11 is 0. The van der Waals surface area contributed by atoms with Crippen LogP contribution in [0.3, 0.4) is 0 Å². The monoisotopic (exact) mass is 275 g/mol. The number of rotatable bonds is 6. The van der Waals surface area contributed by atoms with E-state index in [9.17, 15) is 8.42 Å². The van der Waals surface area contributed by atoms with Crippen LogP contribution in [0.25, 0.3) is 0 Å². The number of hydrogen-bond acceptors (Lipinski definition) is 3. The fraction of sp³-hybridized carbons (Fsp3) is 1.00. The van der Waals surface area contributed by atoms with Crippen molar-refractivity contribution >= 4 is 9.84 Å². The summed E-state index contributed by atoms with van der Waals surface area (Å²) in [6.45, 7) is 5.75. The van der Waals surface area contributed by atoms with Crippen molar-refractivity contribution in [1.82, 2.24) is 5.32 Å². The Morgan fingerprint density at radius 1 is 1.28 bits per heavy atom. The highest BCUT2D eigenvalue weighted by Gasteiger charge is 2.34. The van der Waals surface area contributed by atoms with Crippen molar-refractivity contribution in [2.75, 3.05) is 25.6 Å². The van der Waals surface area contributed by atoms with Crippen LogP contribution in [0, 0.1) is 17.3 Å². The van der Waals surface area contributed by atoms with Crippen LogP contribution in [0.5, 0.6) is 0 Å².